The third kappa shape index (κ3) is 9.85. The highest BCUT2D eigenvalue weighted by Crippen LogP contribution is 2.76. The summed E-state index contributed by atoms with van der Waals surface area (Å²) in [5.41, 5.74) is -2.98. The second-order valence-electron chi connectivity index (χ2n) is 26.3. The summed E-state index contributed by atoms with van der Waals surface area (Å²) >= 11 is 0. The van der Waals surface area contributed by atoms with Gasteiger partial charge in [0.2, 0.25) is 6.29 Å². The molecule has 25 heteroatoms. The first-order valence-electron chi connectivity index (χ1n) is 27.9. The molecule has 0 spiro atoms. The number of aliphatic hydroxyl groups is 14. The van der Waals surface area contributed by atoms with Crippen molar-refractivity contribution in [3.63, 3.8) is 0 Å². The van der Waals surface area contributed by atoms with Gasteiger partial charge in [0, 0.05) is 5.41 Å². The summed E-state index contributed by atoms with van der Waals surface area (Å²) in [5, 5.41) is 164. The number of hydrogen-bond acceptors (Lipinski definition) is 24. The highest BCUT2D eigenvalue weighted by molar-refractivity contribution is 5.79. The van der Waals surface area contributed by atoms with Crippen molar-refractivity contribution in [3.05, 3.63) is 11.6 Å². The van der Waals surface area contributed by atoms with Gasteiger partial charge < -0.3 is 114 Å². The Kier molecular flexibility index (Phi) is 17.1. The molecule has 9 aliphatic rings. The van der Waals surface area contributed by atoms with Crippen molar-refractivity contribution in [2.45, 2.75) is 241 Å². The Morgan fingerprint density at radius 3 is 1.77 bits per heavy atom. The second-order valence-corrected chi connectivity index (χ2v) is 26.3. The summed E-state index contributed by atoms with van der Waals surface area (Å²) in [6, 6.07) is 0. The Labute approximate surface area is 457 Å². The number of aliphatic hydroxyl groups excluding tert-OH is 14. The molecule has 0 bridgehead atoms. The average molecular weight is 1140 g/mol. The quantitative estimate of drug-likeness (QED) is 0.0527. The predicted octanol–water partition coefficient (Wildman–Crippen LogP) is -2.97. The minimum absolute atomic E-state index is 0.107. The normalized spacial score (nSPS) is 54.5. The minimum Gasteiger partial charge on any atom is -0.479 e. The highest BCUT2D eigenvalue weighted by atomic mass is 16.8. The fourth-order valence-corrected chi connectivity index (χ4v) is 16.6. The van der Waals surface area contributed by atoms with Crippen LogP contribution in [0.1, 0.15) is 106 Å². The van der Waals surface area contributed by atoms with Crippen molar-refractivity contribution >= 4 is 11.9 Å². The summed E-state index contributed by atoms with van der Waals surface area (Å²) in [7, 11) is 0. The first-order valence-corrected chi connectivity index (χ1v) is 27.9. The number of allylic oxidation sites excluding steroid dienone is 2. The van der Waals surface area contributed by atoms with Crippen LogP contribution in [0.25, 0.3) is 0 Å². The van der Waals surface area contributed by atoms with E-state index in [-0.39, 0.29) is 29.6 Å². The zero-order valence-corrected chi connectivity index (χ0v) is 45.8. The van der Waals surface area contributed by atoms with Crippen molar-refractivity contribution in [1.82, 2.24) is 0 Å². The summed E-state index contributed by atoms with van der Waals surface area (Å²) in [4.78, 5) is 27.5. The summed E-state index contributed by atoms with van der Waals surface area (Å²) in [6.45, 7) is 11.9. The van der Waals surface area contributed by atoms with E-state index in [4.69, 9.17) is 37.9 Å². The van der Waals surface area contributed by atoms with Gasteiger partial charge >= 0.3 is 11.9 Å². The van der Waals surface area contributed by atoms with Gasteiger partial charge in [-0.25, -0.2) is 4.79 Å². The monoisotopic (exact) mass is 1130 g/mol. The lowest BCUT2D eigenvalue weighted by atomic mass is 9.33. The molecule has 25 nitrogen and oxygen atoms in total. The third-order valence-electron chi connectivity index (χ3n) is 21.4. The zero-order valence-electron chi connectivity index (χ0n) is 45.8. The lowest BCUT2D eigenvalue weighted by molar-refractivity contribution is -0.384. The van der Waals surface area contributed by atoms with Crippen LogP contribution >= 0.6 is 0 Å². The van der Waals surface area contributed by atoms with E-state index >= 15 is 0 Å². The van der Waals surface area contributed by atoms with Crippen LogP contribution < -0.4 is 0 Å². The smallest absolute Gasteiger partial charge is 0.335 e. The highest BCUT2D eigenvalue weighted by Gasteiger charge is 2.72. The lowest BCUT2D eigenvalue weighted by Gasteiger charge is -2.72. The number of ether oxygens (including phenoxy) is 8. The Morgan fingerprint density at radius 1 is 0.595 bits per heavy atom. The van der Waals surface area contributed by atoms with E-state index in [1.807, 2.05) is 0 Å². The molecule has 0 radical (unpaired) electrons. The van der Waals surface area contributed by atoms with Crippen LogP contribution in [-0.2, 0) is 47.5 Å². The molecule has 0 unspecified atom stereocenters. The fourth-order valence-electron chi connectivity index (χ4n) is 16.6. The first kappa shape index (κ1) is 61.4. The van der Waals surface area contributed by atoms with E-state index in [0.717, 1.165) is 5.57 Å². The van der Waals surface area contributed by atoms with Crippen molar-refractivity contribution in [2.75, 3.05) is 19.8 Å². The van der Waals surface area contributed by atoms with E-state index in [2.05, 4.69) is 40.7 Å². The van der Waals surface area contributed by atoms with E-state index in [0.29, 0.717) is 51.4 Å². The number of carbonyl (C=O) groups excluding carboxylic acids is 1. The van der Waals surface area contributed by atoms with Gasteiger partial charge in [-0.2, -0.15) is 0 Å². The maximum absolute atomic E-state index is 14.8. The summed E-state index contributed by atoms with van der Waals surface area (Å²) in [6.07, 6.45) is -31.6. The van der Waals surface area contributed by atoms with Gasteiger partial charge in [0.05, 0.1) is 43.5 Å². The van der Waals surface area contributed by atoms with Gasteiger partial charge in [-0.3, -0.25) is 4.79 Å². The Hall–Kier alpha value is -2.16. The number of esters is 1. The molecule has 5 aliphatic carbocycles. The molecule has 0 aromatic carbocycles. The molecule has 4 aliphatic heterocycles. The molecular formula is C54H86O25. The second kappa shape index (κ2) is 22.0. The molecule has 8 fully saturated rings. The van der Waals surface area contributed by atoms with E-state index in [1.165, 1.54) is 6.92 Å². The molecule has 79 heavy (non-hydrogen) atoms. The fraction of sp³-hybridized carbons (Fsp3) is 0.926. The summed E-state index contributed by atoms with van der Waals surface area (Å²) in [5.74, 6) is -3.07. The largest absolute Gasteiger partial charge is 0.479 e. The topological polar surface area (TPSA) is 411 Å². The molecule has 0 aromatic heterocycles. The van der Waals surface area contributed by atoms with Crippen LogP contribution in [0.2, 0.25) is 0 Å². The Morgan fingerprint density at radius 2 is 1.15 bits per heavy atom. The predicted molar refractivity (Wildman–Crippen MR) is 265 cm³/mol. The average Bonchev–Trinajstić information content (AvgIpc) is 2.79. The zero-order chi connectivity index (χ0) is 58.0. The standard InChI is InChI=1S/C54H86O25/c1-21-29(59)32(62)34(64)44(72-21)75-39-31(61)26(19-56)74-46(37(39)67)76-40-36(66)41(43(69)70)77-47(38(40)68)78-42-24(58)17-50(4)27(51(42,5)20-57)10-11-53(7)28(50)9-8-22-23-16-49(2,3)12-14-54(23,15-13-52(22,53)6)48(71)79-45-35(65)33(63)30(60)25(18-55)73-45/h8,21,23-42,44-47,55-68H,9-20H2,1-7H3,(H,69,70)/t21-,23-,24-,25+,26+,27+,28+,29-,30+,31-,32+,33-,34+,35+,36-,37+,38+,39-,40-,41-,42-,44-,45-,46-,47-,50-,51-,52+,53+,54-/m0/s1. The van der Waals surface area contributed by atoms with Crippen LogP contribution in [0.5, 0.6) is 0 Å². The van der Waals surface area contributed by atoms with Crippen LogP contribution in [0.4, 0.5) is 0 Å². The SMILES string of the molecule is C[C@@H]1O[C@@H](O[C@H]2[C@@H](O)[C@@H](CO)O[C@@H](O[C@@H]3[C@@H](O)[C@H](O[C@H]4[C@@H](O)C[C@@]5(C)[C@@H](CC[C@]6(C)[C@@H]5CC=C5[C@@H]7CC(C)(C)CC[C@]7(C(=O)O[C@@H]7O[C@H](CO)[C@@H](O)[C@H](O)[C@H]7O)CC[C@]56C)[C@]4(C)CO)O[C@H](C(=O)O)[C@H]3O)[C@@H]2O)[C@H](O)[C@H](O)[C@H]1O. The van der Waals surface area contributed by atoms with Gasteiger partial charge in [-0.05, 0) is 104 Å². The minimum atomic E-state index is -2.19. The maximum Gasteiger partial charge on any atom is 0.335 e. The van der Waals surface area contributed by atoms with Crippen LogP contribution in [0.3, 0.4) is 0 Å². The van der Waals surface area contributed by atoms with Crippen molar-refractivity contribution in [2.24, 2.45) is 50.2 Å². The number of fused-ring (bicyclic) bond motifs is 7. The molecule has 15 N–H and O–H groups in total. The number of rotatable bonds is 12. The molecule has 4 saturated heterocycles. The molecule has 452 valence electrons. The van der Waals surface area contributed by atoms with Crippen LogP contribution in [0.15, 0.2) is 11.6 Å². The van der Waals surface area contributed by atoms with Gasteiger partial charge in [-0.15, -0.1) is 0 Å². The van der Waals surface area contributed by atoms with Gasteiger partial charge in [-0.1, -0.05) is 53.2 Å². The lowest BCUT2D eigenvalue weighted by Crippen LogP contribution is -2.70. The molecule has 0 amide bonds. The van der Waals surface area contributed by atoms with Crippen LogP contribution in [-0.4, -0.2) is 243 Å². The number of carbonyl (C=O) groups is 2. The number of aliphatic carboxylic acids is 1. The number of hydrogen-bond donors (Lipinski definition) is 15. The Bertz CT molecular complexity index is 2240. The van der Waals surface area contributed by atoms with E-state index in [9.17, 15) is 86.2 Å². The number of carboxylic acids is 1. The molecular weight excluding hydrogens is 1050 g/mol. The van der Waals surface area contributed by atoms with E-state index < -0.39 is 194 Å². The summed E-state index contributed by atoms with van der Waals surface area (Å²) < 4.78 is 46.6. The van der Waals surface area contributed by atoms with Gasteiger partial charge in [0.1, 0.15) is 85.5 Å². The maximum atomic E-state index is 14.8. The molecule has 0 aromatic rings. The molecule has 4 saturated carbocycles. The number of carboxylic acid groups (broad SMARTS) is 1. The van der Waals surface area contributed by atoms with Crippen molar-refractivity contribution in [3.8, 4) is 0 Å². The molecule has 30 atom stereocenters. The van der Waals surface area contributed by atoms with Gasteiger partial charge in [0.15, 0.2) is 25.0 Å². The van der Waals surface area contributed by atoms with Crippen molar-refractivity contribution < 1.29 is 124 Å². The third-order valence-corrected chi connectivity index (χ3v) is 21.4. The van der Waals surface area contributed by atoms with Crippen molar-refractivity contribution in [1.29, 1.82) is 0 Å². The Balaban J connectivity index is 0.958. The molecule has 4 heterocycles. The first-order chi connectivity index (χ1) is 36.9. The van der Waals surface area contributed by atoms with Crippen LogP contribution in [0, 0.1) is 50.2 Å². The van der Waals surface area contributed by atoms with Gasteiger partial charge in [0.25, 0.3) is 0 Å². The molecule has 9 rings (SSSR count). The van der Waals surface area contributed by atoms with E-state index in [1.54, 1.807) is 6.92 Å².